The van der Waals surface area contributed by atoms with Crippen LogP contribution < -0.4 is 9.64 Å². The first-order valence-corrected chi connectivity index (χ1v) is 12.1. The van der Waals surface area contributed by atoms with Crippen LogP contribution in [0.5, 0.6) is 5.75 Å². The van der Waals surface area contributed by atoms with E-state index in [1.807, 2.05) is 37.2 Å². The maximum atomic E-state index is 13.5. The number of carbonyl (C=O) groups is 1. The lowest BCUT2D eigenvalue weighted by atomic mass is 10.2. The molecule has 1 amide bonds. The number of nitrogens with zero attached hydrogens (tertiary/aromatic N) is 3. The molecular formula is C21H26ClN3O4S2. The number of hydrogen-bond donors (Lipinski definition) is 0. The third-order valence-corrected chi connectivity index (χ3v) is 6.76. The van der Waals surface area contributed by atoms with Crippen LogP contribution in [-0.4, -0.2) is 64.8 Å². The molecule has 0 saturated heterocycles. The maximum Gasteiger partial charge on any atom is 0.261 e. The summed E-state index contributed by atoms with van der Waals surface area (Å²) in [5.74, 6) is 0.339. The Kier molecular flexibility index (Phi) is 8.41. The number of thiazole rings is 1. The van der Waals surface area contributed by atoms with Crippen LogP contribution in [0, 0.1) is 0 Å². The molecule has 0 unspecified atom stereocenters. The molecule has 0 fully saturated rings. The number of fused-ring (bicyclic) bond motifs is 1. The van der Waals surface area contributed by atoms with E-state index < -0.39 is 9.84 Å². The summed E-state index contributed by atoms with van der Waals surface area (Å²) in [5.41, 5.74) is 0.916. The zero-order valence-corrected chi connectivity index (χ0v) is 20.3. The summed E-state index contributed by atoms with van der Waals surface area (Å²) >= 11 is 1.38. The molecule has 3 rings (SSSR count). The summed E-state index contributed by atoms with van der Waals surface area (Å²) in [4.78, 5) is 21.7. The molecular weight excluding hydrogens is 458 g/mol. The van der Waals surface area contributed by atoms with Gasteiger partial charge in [0.15, 0.2) is 15.0 Å². The predicted molar refractivity (Wildman–Crippen MR) is 128 cm³/mol. The maximum absolute atomic E-state index is 13.5. The molecule has 7 nitrogen and oxygen atoms in total. The number of halogens is 1. The third kappa shape index (κ3) is 5.94. The topological polar surface area (TPSA) is 79.8 Å². The second kappa shape index (κ2) is 10.4. The molecule has 0 aliphatic rings. The first-order chi connectivity index (χ1) is 14.2. The number of carbonyl (C=O) groups excluding carboxylic acids is 1. The van der Waals surface area contributed by atoms with Crippen LogP contribution in [0.25, 0.3) is 10.2 Å². The fraction of sp³-hybridized carbons (Fsp3) is 0.333. The lowest BCUT2D eigenvalue weighted by molar-refractivity contribution is 0.0983. The van der Waals surface area contributed by atoms with Crippen LogP contribution in [0.1, 0.15) is 16.8 Å². The van der Waals surface area contributed by atoms with Crippen molar-refractivity contribution in [2.45, 2.75) is 11.3 Å². The molecule has 0 spiro atoms. The molecule has 0 radical (unpaired) electrons. The molecule has 168 valence electrons. The predicted octanol–water partition coefficient (Wildman–Crippen LogP) is 3.73. The summed E-state index contributed by atoms with van der Waals surface area (Å²) in [6.45, 7) is 1.21. The van der Waals surface area contributed by atoms with E-state index in [0.717, 1.165) is 29.4 Å². The van der Waals surface area contributed by atoms with Crippen molar-refractivity contribution in [3.8, 4) is 5.75 Å². The zero-order chi connectivity index (χ0) is 21.9. The highest BCUT2D eigenvalue weighted by Gasteiger charge is 2.26. The molecule has 1 aromatic heterocycles. The van der Waals surface area contributed by atoms with Gasteiger partial charge in [-0.05, 0) is 57.4 Å². The van der Waals surface area contributed by atoms with Crippen molar-refractivity contribution in [2.24, 2.45) is 0 Å². The number of sulfone groups is 1. The standard InChI is InChI=1S/C21H25N3O4S2.ClH/c1-23(2)12-7-13-24(20(25)16-8-5-6-9-19(16)30(4,26)27)21-22-17-11-10-15(28-3)14-18(17)29-21;/h5-6,8-11,14H,7,12-13H2,1-4H3;1H. The Bertz CT molecular complexity index is 1160. The molecule has 2 aromatic carbocycles. The second-order valence-electron chi connectivity index (χ2n) is 7.21. The average Bonchev–Trinajstić information content (AvgIpc) is 3.12. The third-order valence-electron chi connectivity index (χ3n) is 4.56. The van der Waals surface area contributed by atoms with Gasteiger partial charge in [-0.15, -0.1) is 12.4 Å². The SMILES string of the molecule is COc1ccc2nc(N(CCCN(C)C)C(=O)c3ccccc3S(C)(=O)=O)sc2c1.Cl. The summed E-state index contributed by atoms with van der Waals surface area (Å²) < 4.78 is 30.6. The Morgan fingerprint density at radius 3 is 2.48 bits per heavy atom. The van der Waals surface area contributed by atoms with E-state index in [0.29, 0.717) is 17.4 Å². The minimum absolute atomic E-state index is 0. The van der Waals surface area contributed by atoms with Crippen LogP contribution >= 0.6 is 23.7 Å². The molecule has 3 aromatic rings. The van der Waals surface area contributed by atoms with Crippen molar-refractivity contribution in [3.05, 3.63) is 48.0 Å². The van der Waals surface area contributed by atoms with Gasteiger partial charge in [0.2, 0.25) is 0 Å². The van der Waals surface area contributed by atoms with Crippen molar-refractivity contribution in [3.63, 3.8) is 0 Å². The van der Waals surface area contributed by atoms with Crippen LogP contribution in [0.3, 0.4) is 0 Å². The number of anilines is 1. The first-order valence-electron chi connectivity index (χ1n) is 9.41. The van der Waals surface area contributed by atoms with E-state index in [1.165, 1.54) is 17.4 Å². The molecule has 0 saturated carbocycles. The van der Waals surface area contributed by atoms with Crippen LogP contribution in [0.4, 0.5) is 5.13 Å². The number of amides is 1. The number of ether oxygens (including phenoxy) is 1. The van der Waals surface area contributed by atoms with E-state index in [1.54, 1.807) is 30.2 Å². The van der Waals surface area contributed by atoms with Crippen molar-refractivity contribution in [1.82, 2.24) is 9.88 Å². The highest BCUT2D eigenvalue weighted by molar-refractivity contribution is 7.90. The van der Waals surface area contributed by atoms with Gasteiger partial charge in [0.05, 0.1) is 27.8 Å². The van der Waals surface area contributed by atoms with Crippen LogP contribution in [0.15, 0.2) is 47.4 Å². The Morgan fingerprint density at radius 1 is 1.13 bits per heavy atom. The number of benzene rings is 2. The highest BCUT2D eigenvalue weighted by atomic mass is 35.5. The Balaban J connectivity index is 0.00000341. The summed E-state index contributed by atoms with van der Waals surface area (Å²) in [6.07, 6.45) is 1.83. The second-order valence-corrected chi connectivity index (χ2v) is 10.2. The molecule has 0 atom stereocenters. The number of aromatic nitrogens is 1. The van der Waals surface area contributed by atoms with Crippen molar-refractivity contribution in [1.29, 1.82) is 0 Å². The van der Waals surface area contributed by atoms with Gasteiger partial charge in [0.1, 0.15) is 5.75 Å². The van der Waals surface area contributed by atoms with Gasteiger partial charge in [0.25, 0.3) is 5.91 Å². The Labute approximate surface area is 193 Å². The van der Waals surface area contributed by atoms with Gasteiger partial charge in [0, 0.05) is 12.8 Å². The summed E-state index contributed by atoms with van der Waals surface area (Å²) in [7, 11) is 1.98. The van der Waals surface area contributed by atoms with Crippen molar-refractivity contribution in [2.75, 3.05) is 45.5 Å². The first kappa shape index (κ1) is 25.1. The molecule has 0 aliphatic heterocycles. The molecule has 10 heteroatoms. The zero-order valence-electron chi connectivity index (χ0n) is 17.9. The van der Waals surface area contributed by atoms with Gasteiger partial charge in [-0.25, -0.2) is 13.4 Å². The summed E-state index contributed by atoms with van der Waals surface area (Å²) in [6, 6.07) is 11.8. The average molecular weight is 484 g/mol. The minimum Gasteiger partial charge on any atom is -0.497 e. The van der Waals surface area contributed by atoms with Gasteiger partial charge >= 0.3 is 0 Å². The number of methoxy groups -OCH3 is 1. The van der Waals surface area contributed by atoms with E-state index in [9.17, 15) is 13.2 Å². The normalized spacial score (nSPS) is 11.4. The molecule has 31 heavy (non-hydrogen) atoms. The van der Waals surface area contributed by atoms with Crippen molar-refractivity contribution >= 4 is 54.8 Å². The smallest absolute Gasteiger partial charge is 0.261 e. The molecule has 0 bridgehead atoms. The van der Waals surface area contributed by atoms with Crippen LogP contribution in [-0.2, 0) is 9.84 Å². The molecule has 0 N–H and O–H groups in total. The van der Waals surface area contributed by atoms with Gasteiger partial charge < -0.3 is 9.64 Å². The number of hydrogen-bond acceptors (Lipinski definition) is 7. The number of rotatable bonds is 8. The Hall–Kier alpha value is -2.20. The summed E-state index contributed by atoms with van der Waals surface area (Å²) in [5, 5.41) is 0.533. The minimum atomic E-state index is -3.55. The van der Waals surface area contributed by atoms with Crippen LogP contribution in [0.2, 0.25) is 0 Å². The van der Waals surface area contributed by atoms with E-state index in [2.05, 4.69) is 4.98 Å². The van der Waals surface area contributed by atoms with Gasteiger partial charge in [-0.2, -0.15) is 0 Å². The highest BCUT2D eigenvalue weighted by Crippen LogP contribution is 2.33. The largest absolute Gasteiger partial charge is 0.497 e. The fourth-order valence-corrected chi connectivity index (χ4v) is 4.98. The van der Waals surface area contributed by atoms with E-state index in [4.69, 9.17) is 4.74 Å². The van der Waals surface area contributed by atoms with Gasteiger partial charge in [-0.3, -0.25) is 9.69 Å². The quantitative estimate of drug-likeness (QED) is 0.485. The van der Waals surface area contributed by atoms with E-state index in [-0.39, 0.29) is 28.8 Å². The lowest BCUT2D eigenvalue weighted by Gasteiger charge is -2.22. The molecule has 0 aliphatic carbocycles. The lowest BCUT2D eigenvalue weighted by Crippen LogP contribution is -2.34. The Morgan fingerprint density at radius 2 is 1.84 bits per heavy atom. The van der Waals surface area contributed by atoms with E-state index >= 15 is 0 Å². The van der Waals surface area contributed by atoms with Gasteiger partial charge in [-0.1, -0.05) is 23.5 Å². The monoisotopic (exact) mass is 483 g/mol. The molecule has 1 heterocycles. The van der Waals surface area contributed by atoms with Crippen molar-refractivity contribution < 1.29 is 17.9 Å². The fourth-order valence-electron chi connectivity index (χ4n) is 3.08.